The van der Waals surface area contributed by atoms with Crippen molar-refractivity contribution in [2.24, 2.45) is 0 Å². The second-order valence-electron chi connectivity index (χ2n) is 17.9. The van der Waals surface area contributed by atoms with Gasteiger partial charge < -0.3 is 0 Å². The van der Waals surface area contributed by atoms with E-state index in [1.165, 1.54) is 131 Å². The van der Waals surface area contributed by atoms with Crippen molar-refractivity contribution in [2.75, 3.05) is 0 Å². The third-order valence-corrected chi connectivity index (χ3v) is 14.2. The minimum Gasteiger partial charge on any atom is -0.0616 e. The Morgan fingerprint density at radius 1 is 0.254 bits per heavy atom. The first-order valence-corrected chi connectivity index (χ1v) is 22.2. The minimum atomic E-state index is -0.115. The van der Waals surface area contributed by atoms with Gasteiger partial charge in [0, 0.05) is 5.41 Å². The zero-order valence-corrected chi connectivity index (χ0v) is 35.3. The molecule has 0 heterocycles. The molecule has 0 nitrogen and oxygen atoms in total. The highest BCUT2D eigenvalue weighted by molar-refractivity contribution is 6.26. The molecule has 0 atom stereocenters. The Kier molecular flexibility index (Phi) is 7.75. The van der Waals surface area contributed by atoms with Gasteiger partial charge in [0.25, 0.3) is 0 Å². The minimum absolute atomic E-state index is 0.115. The summed E-state index contributed by atoms with van der Waals surface area (Å²) in [4.78, 5) is 0. The lowest BCUT2D eigenvalue weighted by Crippen LogP contribution is -2.15. The lowest BCUT2D eigenvalue weighted by atomic mass is 9.79. The molecule has 12 aromatic carbocycles. The van der Waals surface area contributed by atoms with E-state index in [1.54, 1.807) is 0 Å². The molecular weight excluding hydrogens is 757 g/mol. The van der Waals surface area contributed by atoms with E-state index < -0.39 is 0 Å². The Hall–Kier alpha value is -7.80. The molecule has 12 aromatic rings. The van der Waals surface area contributed by atoms with Gasteiger partial charge in [-0.25, -0.2) is 0 Å². The van der Waals surface area contributed by atoms with Crippen LogP contribution in [-0.2, 0) is 5.41 Å². The van der Waals surface area contributed by atoms with E-state index >= 15 is 0 Å². The SMILES string of the molecule is CC1(C)c2ccc(-c3ccc(-c4ccc5c(-c6cccc7ccccc67)c6ccccc6c(-c6cccc7ccccc67)c5c4)cc3)cc2-c2c1c1ccccc1c1ccccc21. The highest BCUT2D eigenvalue weighted by atomic mass is 14.4. The van der Waals surface area contributed by atoms with Crippen LogP contribution in [0, 0.1) is 0 Å². The normalized spacial score (nSPS) is 13.0. The van der Waals surface area contributed by atoms with Crippen molar-refractivity contribution in [3.63, 3.8) is 0 Å². The van der Waals surface area contributed by atoms with Crippen LogP contribution >= 0.6 is 0 Å². The zero-order valence-electron chi connectivity index (χ0n) is 35.3. The maximum atomic E-state index is 2.45. The van der Waals surface area contributed by atoms with Gasteiger partial charge in [0.2, 0.25) is 0 Å². The first kappa shape index (κ1) is 35.9. The Balaban J connectivity index is 0.994. The summed E-state index contributed by atoms with van der Waals surface area (Å²) >= 11 is 0. The van der Waals surface area contributed by atoms with Crippen molar-refractivity contribution in [3.05, 3.63) is 230 Å². The molecule has 0 fully saturated rings. The van der Waals surface area contributed by atoms with Crippen molar-refractivity contribution in [3.8, 4) is 55.6 Å². The van der Waals surface area contributed by atoms with Crippen LogP contribution in [0.5, 0.6) is 0 Å². The Morgan fingerprint density at radius 2 is 0.651 bits per heavy atom. The summed E-state index contributed by atoms with van der Waals surface area (Å²) in [6.45, 7) is 4.80. The molecule has 0 saturated carbocycles. The average Bonchev–Trinajstić information content (AvgIpc) is 3.59. The number of fused-ring (bicyclic) bond motifs is 12. The smallest absolute Gasteiger partial charge is 0.0165 e. The molecule has 0 N–H and O–H groups in total. The molecule has 0 saturated heterocycles. The van der Waals surface area contributed by atoms with Gasteiger partial charge in [0.05, 0.1) is 0 Å². The summed E-state index contributed by atoms with van der Waals surface area (Å²) in [7, 11) is 0. The number of hydrogen-bond acceptors (Lipinski definition) is 0. The fraction of sp³-hybridized carbons (Fsp3) is 0.0476. The van der Waals surface area contributed by atoms with Gasteiger partial charge in [-0.2, -0.15) is 0 Å². The van der Waals surface area contributed by atoms with E-state index in [9.17, 15) is 0 Å². The van der Waals surface area contributed by atoms with Crippen LogP contribution in [0.25, 0.3) is 120 Å². The molecular formula is C63H42. The third kappa shape index (κ3) is 5.28. The molecule has 0 heteroatoms. The van der Waals surface area contributed by atoms with Crippen molar-refractivity contribution in [1.29, 1.82) is 0 Å². The molecule has 0 amide bonds. The molecule has 0 bridgehead atoms. The molecule has 0 spiro atoms. The van der Waals surface area contributed by atoms with Crippen molar-refractivity contribution >= 4 is 64.6 Å². The number of hydrogen-bond donors (Lipinski definition) is 0. The van der Waals surface area contributed by atoms with Gasteiger partial charge in [0.15, 0.2) is 0 Å². The maximum absolute atomic E-state index is 2.45. The molecule has 1 aliphatic carbocycles. The van der Waals surface area contributed by atoms with Crippen molar-refractivity contribution in [2.45, 2.75) is 19.3 Å². The quantitative estimate of drug-likeness (QED) is 0.123. The van der Waals surface area contributed by atoms with Crippen molar-refractivity contribution < 1.29 is 0 Å². The monoisotopic (exact) mass is 798 g/mol. The molecule has 0 radical (unpaired) electrons. The third-order valence-electron chi connectivity index (χ3n) is 14.2. The van der Waals surface area contributed by atoms with Gasteiger partial charge in [-0.3, -0.25) is 0 Å². The molecule has 0 unspecified atom stereocenters. The fourth-order valence-electron chi connectivity index (χ4n) is 11.4. The van der Waals surface area contributed by atoms with Gasteiger partial charge >= 0.3 is 0 Å². The summed E-state index contributed by atoms with van der Waals surface area (Å²) in [5.74, 6) is 0. The van der Waals surface area contributed by atoms with Gasteiger partial charge in [-0.1, -0.05) is 220 Å². The summed E-state index contributed by atoms with van der Waals surface area (Å²) in [5.41, 5.74) is 15.4. The average molecular weight is 799 g/mol. The van der Waals surface area contributed by atoms with Crippen LogP contribution in [0.2, 0.25) is 0 Å². The van der Waals surface area contributed by atoms with E-state index in [-0.39, 0.29) is 5.41 Å². The first-order chi connectivity index (χ1) is 31.0. The predicted molar refractivity (Wildman–Crippen MR) is 271 cm³/mol. The standard InChI is InChI=1S/C63H42/c1-63(2)58-36-34-44(38-57(58)61-51-23-9-7-21-47(51)48-22-8-12-26-55(48)62(61)63)40-31-29-39(30-32-40)43-33-35-54-56(37-43)60(50-28-14-18-42-16-4-6-20-46(42)50)53-25-11-10-24-52(53)59(54)49-27-13-17-41-15-3-5-19-45(41)49/h3-38H,1-2H3. The van der Waals surface area contributed by atoms with E-state index in [1.807, 2.05) is 0 Å². The topological polar surface area (TPSA) is 0 Å². The van der Waals surface area contributed by atoms with E-state index in [2.05, 4.69) is 232 Å². The highest BCUT2D eigenvalue weighted by Gasteiger charge is 2.38. The Morgan fingerprint density at radius 3 is 1.24 bits per heavy atom. The summed E-state index contributed by atoms with van der Waals surface area (Å²) in [6.07, 6.45) is 0. The van der Waals surface area contributed by atoms with Gasteiger partial charge in [-0.15, -0.1) is 0 Å². The molecule has 1 aliphatic rings. The predicted octanol–water partition coefficient (Wildman–Crippen LogP) is 17.6. The summed E-state index contributed by atoms with van der Waals surface area (Å²) in [5, 5.41) is 15.4. The lowest BCUT2D eigenvalue weighted by molar-refractivity contribution is 0.666. The second-order valence-corrected chi connectivity index (χ2v) is 17.9. The molecule has 13 rings (SSSR count). The number of benzene rings is 12. The summed E-state index contributed by atoms with van der Waals surface area (Å²) < 4.78 is 0. The van der Waals surface area contributed by atoms with Crippen LogP contribution in [0.4, 0.5) is 0 Å². The molecule has 294 valence electrons. The van der Waals surface area contributed by atoms with E-state index in [4.69, 9.17) is 0 Å². The Bertz CT molecular complexity index is 3850. The van der Waals surface area contributed by atoms with E-state index in [0.29, 0.717) is 0 Å². The first-order valence-electron chi connectivity index (χ1n) is 22.2. The van der Waals surface area contributed by atoms with Crippen molar-refractivity contribution in [1.82, 2.24) is 0 Å². The molecule has 0 aromatic heterocycles. The molecule has 0 aliphatic heterocycles. The lowest BCUT2D eigenvalue weighted by Gasteiger charge is -2.24. The van der Waals surface area contributed by atoms with E-state index in [0.717, 1.165) is 0 Å². The Labute approximate surface area is 367 Å². The molecule has 63 heavy (non-hydrogen) atoms. The van der Waals surface area contributed by atoms with Crippen LogP contribution in [0.3, 0.4) is 0 Å². The van der Waals surface area contributed by atoms with Crippen LogP contribution in [0.15, 0.2) is 218 Å². The highest BCUT2D eigenvalue weighted by Crippen LogP contribution is 2.55. The van der Waals surface area contributed by atoms with Crippen LogP contribution in [-0.4, -0.2) is 0 Å². The largest absolute Gasteiger partial charge is 0.0616 e. The van der Waals surface area contributed by atoms with Crippen LogP contribution in [0.1, 0.15) is 25.0 Å². The van der Waals surface area contributed by atoms with Crippen LogP contribution < -0.4 is 0 Å². The summed E-state index contributed by atoms with van der Waals surface area (Å²) in [6, 6.07) is 81.6. The zero-order chi connectivity index (χ0) is 41.8. The van der Waals surface area contributed by atoms with Gasteiger partial charge in [-0.05, 0) is 144 Å². The second kappa shape index (κ2) is 13.6. The maximum Gasteiger partial charge on any atom is 0.0165 e. The fourth-order valence-corrected chi connectivity index (χ4v) is 11.4. The van der Waals surface area contributed by atoms with Gasteiger partial charge in [0.1, 0.15) is 0 Å². The number of rotatable bonds is 4.